The first kappa shape index (κ1) is 12.1. The minimum Gasteiger partial charge on any atom is -0.465 e. The molecule has 0 aliphatic rings. The van der Waals surface area contributed by atoms with Crippen molar-refractivity contribution in [3.05, 3.63) is 5.92 Å². The lowest BCUT2D eigenvalue weighted by Gasteiger charge is -2.04. The zero-order valence-corrected chi connectivity index (χ0v) is 8.55. The molecule has 3 heteroatoms. The van der Waals surface area contributed by atoms with Crippen LogP contribution < -0.4 is 0 Å². The van der Waals surface area contributed by atoms with Gasteiger partial charge in [-0.2, -0.15) is 0 Å². The van der Waals surface area contributed by atoms with E-state index in [1.807, 2.05) is 13.8 Å². The van der Waals surface area contributed by atoms with Gasteiger partial charge in [-0.3, -0.25) is 9.59 Å². The molecule has 3 nitrogen and oxygen atoms in total. The van der Waals surface area contributed by atoms with Gasteiger partial charge in [-0.1, -0.05) is 20.8 Å². The second-order valence-electron chi connectivity index (χ2n) is 3.25. The number of hydrogen-bond acceptors (Lipinski definition) is 3. The van der Waals surface area contributed by atoms with Crippen LogP contribution >= 0.6 is 0 Å². The summed E-state index contributed by atoms with van der Waals surface area (Å²) >= 11 is 0. The SMILES string of the molecule is CCC(=O)CCOC(=O)C[C](C)C. The fraction of sp³-hybridized carbons (Fsp3) is 0.700. The highest BCUT2D eigenvalue weighted by Gasteiger charge is 2.06. The Morgan fingerprint density at radius 3 is 2.31 bits per heavy atom. The summed E-state index contributed by atoms with van der Waals surface area (Å²) in [4.78, 5) is 21.8. The van der Waals surface area contributed by atoms with Gasteiger partial charge in [0.25, 0.3) is 0 Å². The zero-order valence-electron chi connectivity index (χ0n) is 8.55. The molecule has 0 aromatic heterocycles. The van der Waals surface area contributed by atoms with Gasteiger partial charge in [-0.15, -0.1) is 0 Å². The fourth-order valence-corrected chi connectivity index (χ4v) is 0.795. The van der Waals surface area contributed by atoms with Crippen molar-refractivity contribution in [3.63, 3.8) is 0 Å². The van der Waals surface area contributed by atoms with Crippen molar-refractivity contribution >= 4 is 11.8 Å². The number of esters is 1. The summed E-state index contributed by atoms with van der Waals surface area (Å²) in [5, 5.41) is 0. The lowest BCUT2D eigenvalue weighted by molar-refractivity contribution is -0.143. The van der Waals surface area contributed by atoms with Crippen LogP contribution in [0.2, 0.25) is 0 Å². The Bertz CT molecular complexity index is 173. The third-order valence-electron chi connectivity index (χ3n) is 1.54. The maximum Gasteiger partial charge on any atom is 0.306 e. The van der Waals surface area contributed by atoms with Gasteiger partial charge in [-0.25, -0.2) is 0 Å². The molecular weight excluding hydrogens is 168 g/mol. The summed E-state index contributed by atoms with van der Waals surface area (Å²) in [6.45, 7) is 5.77. The van der Waals surface area contributed by atoms with E-state index in [4.69, 9.17) is 4.74 Å². The number of Topliss-reactive ketones (excluding diaryl/α,β-unsaturated/α-hetero) is 1. The number of ketones is 1. The highest BCUT2D eigenvalue weighted by molar-refractivity contribution is 5.78. The molecule has 0 atom stereocenters. The van der Waals surface area contributed by atoms with Crippen LogP contribution in [-0.2, 0) is 14.3 Å². The Morgan fingerprint density at radius 1 is 1.23 bits per heavy atom. The fourth-order valence-electron chi connectivity index (χ4n) is 0.795. The summed E-state index contributed by atoms with van der Waals surface area (Å²) in [7, 11) is 0. The van der Waals surface area contributed by atoms with Gasteiger partial charge < -0.3 is 4.74 Å². The third-order valence-corrected chi connectivity index (χ3v) is 1.54. The van der Waals surface area contributed by atoms with Crippen molar-refractivity contribution in [1.82, 2.24) is 0 Å². The monoisotopic (exact) mass is 185 g/mol. The molecule has 0 amide bonds. The molecule has 75 valence electrons. The van der Waals surface area contributed by atoms with E-state index in [-0.39, 0.29) is 18.4 Å². The Kier molecular flexibility index (Phi) is 6.20. The van der Waals surface area contributed by atoms with Crippen LogP contribution in [0.5, 0.6) is 0 Å². The van der Waals surface area contributed by atoms with E-state index in [0.29, 0.717) is 19.3 Å². The second kappa shape index (κ2) is 6.63. The van der Waals surface area contributed by atoms with Crippen LogP contribution in [-0.4, -0.2) is 18.4 Å². The summed E-state index contributed by atoms with van der Waals surface area (Å²) in [5.74, 6) is 0.903. The molecule has 0 aliphatic carbocycles. The predicted molar refractivity (Wildman–Crippen MR) is 50.1 cm³/mol. The summed E-state index contributed by atoms with van der Waals surface area (Å²) in [6.07, 6.45) is 1.20. The number of hydrogen-bond donors (Lipinski definition) is 0. The summed E-state index contributed by atoms with van der Waals surface area (Å²) in [6, 6.07) is 0. The second-order valence-corrected chi connectivity index (χ2v) is 3.25. The van der Waals surface area contributed by atoms with Gasteiger partial charge in [0.1, 0.15) is 5.78 Å². The minimum atomic E-state index is -0.246. The topological polar surface area (TPSA) is 43.4 Å². The molecule has 0 heterocycles. The van der Waals surface area contributed by atoms with Crippen molar-refractivity contribution in [3.8, 4) is 0 Å². The maximum atomic E-state index is 11.0. The molecule has 0 N–H and O–H groups in total. The average Bonchev–Trinajstić information content (AvgIpc) is 2.02. The van der Waals surface area contributed by atoms with Gasteiger partial charge in [0.05, 0.1) is 13.0 Å². The molecule has 0 unspecified atom stereocenters. The number of carbonyl (C=O) groups excluding carboxylic acids is 2. The van der Waals surface area contributed by atoms with Crippen molar-refractivity contribution in [2.24, 2.45) is 0 Å². The van der Waals surface area contributed by atoms with Gasteiger partial charge in [0.2, 0.25) is 0 Å². The van der Waals surface area contributed by atoms with Crippen LogP contribution in [0.15, 0.2) is 0 Å². The Morgan fingerprint density at radius 2 is 1.85 bits per heavy atom. The average molecular weight is 185 g/mol. The van der Waals surface area contributed by atoms with Crippen LogP contribution in [0, 0.1) is 5.92 Å². The normalized spacial score (nSPS) is 10.2. The van der Waals surface area contributed by atoms with E-state index in [2.05, 4.69) is 0 Å². The third kappa shape index (κ3) is 7.50. The smallest absolute Gasteiger partial charge is 0.306 e. The van der Waals surface area contributed by atoms with Gasteiger partial charge in [0.15, 0.2) is 0 Å². The summed E-state index contributed by atoms with van der Waals surface area (Å²) < 4.78 is 4.84. The molecule has 0 aliphatic heterocycles. The zero-order chi connectivity index (χ0) is 10.3. The largest absolute Gasteiger partial charge is 0.465 e. The molecule has 0 saturated carbocycles. The van der Waals surface area contributed by atoms with Crippen molar-refractivity contribution in [2.45, 2.75) is 40.0 Å². The van der Waals surface area contributed by atoms with E-state index in [1.165, 1.54) is 0 Å². The van der Waals surface area contributed by atoms with Gasteiger partial charge in [-0.05, 0) is 5.92 Å². The van der Waals surface area contributed by atoms with Gasteiger partial charge >= 0.3 is 5.97 Å². The van der Waals surface area contributed by atoms with Crippen LogP contribution in [0.4, 0.5) is 0 Å². The molecule has 0 bridgehead atoms. The van der Waals surface area contributed by atoms with Crippen molar-refractivity contribution < 1.29 is 14.3 Å². The number of ether oxygens (including phenoxy) is 1. The molecular formula is C10H17O3. The van der Waals surface area contributed by atoms with Crippen LogP contribution in [0.25, 0.3) is 0 Å². The Balaban J connectivity index is 3.42. The highest BCUT2D eigenvalue weighted by Crippen LogP contribution is 2.03. The first-order valence-corrected chi connectivity index (χ1v) is 4.52. The lowest BCUT2D eigenvalue weighted by Crippen LogP contribution is -2.10. The molecule has 0 spiro atoms. The highest BCUT2D eigenvalue weighted by atomic mass is 16.5. The minimum absolute atomic E-state index is 0.130. The number of carbonyl (C=O) groups is 2. The van der Waals surface area contributed by atoms with Gasteiger partial charge in [0, 0.05) is 12.8 Å². The molecule has 0 aromatic rings. The maximum absolute atomic E-state index is 11.0. The standard InChI is InChI=1S/C10H17O3/c1-4-9(11)5-6-13-10(12)7-8(2)3/h4-7H2,1-3H3. The Labute approximate surface area is 79.5 Å². The van der Waals surface area contributed by atoms with Crippen molar-refractivity contribution in [2.75, 3.05) is 6.61 Å². The molecule has 0 fully saturated rings. The lowest BCUT2D eigenvalue weighted by atomic mass is 10.1. The van der Waals surface area contributed by atoms with Crippen LogP contribution in [0.3, 0.4) is 0 Å². The van der Waals surface area contributed by atoms with E-state index < -0.39 is 0 Å². The van der Waals surface area contributed by atoms with E-state index in [0.717, 1.165) is 5.92 Å². The first-order valence-electron chi connectivity index (χ1n) is 4.52. The quantitative estimate of drug-likeness (QED) is 0.593. The molecule has 0 rings (SSSR count). The predicted octanol–water partition coefficient (Wildman–Crippen LogP) is 1.90. The van der Waals surface area contributed by atoms with Crippen molar-refractivity contribution in [1.29, 1.82) is 0 Å². The van der Waals surface area contributed by atoms with E-state index in [1.54, 1.807) is 6.92 Å². The number of rotatable bonds is 6. The Hall–Kier alpha value is -0.860. The van der Waals surface area contributed by atoms with E-state index >= 15 is 0 Å². The summed E-state index contributed by atoms with van der Waals surface area (Å²) in [5.41, 5.74) is 0. The van der Waals surface area contributed by atoms with Crippen LogP contribution in [0.1, 0.15) is 40.0 Å². The molecule has 0 saturated heterocycles. The molecule has 1 radical (unpaired) electrons. The molecule has 13 heavy (non-hydrogen) atoms. The first-order chi connectivity index (χ1) is 6.06. The molecule has 0 aromatic carbocycles. The van der Waals surface area contributed by atoms with E-state index in [9.17, 15) is 9.59 Å².